The highest BCUT2D eigenvalue weighted by Crippen LogP contribution is 2.45. The van der Waals surface area contributed by atoms with Crippen molar-refractivity contribution in [3.63, 3.8) is 0 Å². The smallest absolute Gasteiger partial charge is 0.137 e. The van der Waals surface area contributed by atoms with Crippen LogP contribution in [0.3, 0.4) is 0 Å². The van der Waals surface area contributed by atoms with Gasteiger partial charge in [0.15, 0.2) is 0 Å². The lowest BCUT2D eigenvalue weighted by molar-refractivity contribution is 0.669. The first-order valence-corrected chi connectivity index (χ1v) is 17.6. The van der Waals surface area contributed by atoms with Crippen molar-refractivity contribution in [2.45, 2.75) is 0 Å². The van der Waals surface area contributed by atoms with Crippen molar-refractivity contribution in [1.82, 2.24) is 4.98 Å². The van der Waals surface area contributed by atoms with Gasteiger partial charge in [0.05, 0.1) is 26.0 Å². The predicted octanol–water partition coefficient (Wildman–Crippen LogP) is 13.4. The molecule has 7 aromatic carbocycles. The summed E-state index contributed by atoms with van der Waals surface area (Å²) in [6.07, 6.45) is 0. The summed E-state index contributed by atoms with van der Waals surface area (Å²) in [7, 11) is 0. The van der Waals surface area contributed by atoms with E-state index in [2.05, 4.69) is 157 Å². The highest BCUT2D eigenvalue weighted by molar-refractivity contribution is 7.26. The van der Waals surface area contributed by atoms with E-state index in [1.165, 1.54) is 25.9 Å². The summed E-state index contributed by atoms with van der Waals surface area (Å²) >= 11 is 3.58. The number of para-hydroxylation sites is 1. The fourth-order valence-corrected chi connectivity index (χ4v) is 9.04. The molecule has 3 aromatic heterocycles. The maximum absolute atomic E-state index is 6.44. The molecule has 0 fully saturated rings. The number of fused-ring (bicyclic) bond motifs is 8. The van der Waals surface area contributed by atoms with Gasteiger partial charge in [-0.25, -0.2) is 4.98 Å². The molecule has 0 bridgehead atoms. The van der Waals surface area contributed by atoms with E-state index in [4.69, 9.17) is 9.40 Å². The van der Waals surface area contributed by atoms with Crippen LogP contribution in [0.5, 0.6) is 0 Å². The van der Waals surface area contributed by atoms with Crippen molar-refractivity contribution in [1.29, 1.82) is 0 Å². The molecule has 0 N–H and O–H groups in total. The maximum Gasteiger partial charge on any atom is 0.137 e. The van der Waals surface area contributed by atoms with Crippen LogP contribution in [-0.2, 0) is 0 Å². The summed E-state index contributed by atoms with van der Waals surface area (Å²) in [5.41, 5.74) is 9.55. The Morgan fingerprint density at radius 1 is 0.479 bits per heavy atom. The zero-order valence-corrected chi connectivity index (χ0v) is 27.3. The van der Waals surface area contributed by atoms with E-state index < -0.39 is 0 Å². The molecule has 0 unspecified atom stereocenters. The fourth-order valence-electron chi connectivity index (χ4n) is 6.85. The Balaban J connectivity index is 1.06. The third-order valence-electron chi connectivity index (χ3n) is 9.11. The molecule has 226 valence electrons. The van der Waals surface area contributed by atoms with E-state index in [1.54, 1.807) is 11.3 Å². The molecule has 0 aliphatic heterocycles. The van der Waals surface area contributed by atoms with Crippen LogP contribution in [0.2, 0.25) is 0 Å². The summed E-state index contributed by atoms with van der Waals surface area (Å²) in [4.78, 5) is 7.44. The van der Waals surface area contributed by atoms with Crippen molar-refractivity contribution in [3.8, 4) is 21.7 Å². The topological polar surface area (TPSA) is 29.3 Å². The van der Waals surface area contributed by atoms with E-state index in [1.807, 2.05) is 17.4 Å². The van der Waals surface area contributed by atoms with Gasteiger partial charge >= 0.3 is 0 Å². The molecule has 0 saturated heterocycles. The van der Waals surface area contributed by atoms with E-state index in [0.29, 0.717) is 0 Å². The van der Waals surface area contributed by atoms with Crippen LogP contribution < -0.4 is 4.90 Å². The van der Waals surface area contributed by atoms with Gasteiger partial charge in [0, 0.05) is 37.8 Å². The van der Waals surface area contributed by atoms with E-state index in [0.717, 1.165) is 65.2 Å². The van der Waals surface area contributed by atoms with Crippen molar-refractivity contribution in [2.75, 3.05) is 4.90 Å². The first kappa shape index (κ1) is 27.4. The van der Waals surface area contributed by atoms with Gasteiger partial charge in [-0.05, 0) is 71.8 Å². The number of benzene rings is 7. The number of hydrogen-bond donors (Lipinski definition) is 0. The Hall–Kier alpha value is -5.75. The minimum atomic E-state index is 0.865. The lowest BCUT2D eigenvalue weighted by Gasteiger charge is -2.26. The van der Waals surface area contributed by atoms with Crippen LogP contribution in [0, 0.1) is 0 Å². The lowest BCUT2D eigenvalue weighted by atomic mass is 10.0. The molecule has 5 heteroatoms. The van der Waals surface area contributed by atoms with Gasteiger partial charge in [-0.2, -0.15) is 0 Å². The summed E-state index contributed by atoms with van der Waals surface area (Å²) in [5.74, 6) is 0. The normalized spacial score (nSPS) is 11.8. The number of rotatable bonds is 5. The summed E-state index contributed by atoms with van der Waals surface area (Å²) < 4.78 is 10.2. The Labute approximate surface area is 284 Å². The monoisotopic (exact) mass is 650 g/mol. The van der Waals surface area contributed by atoms with Gasteiger partial charge < -0.3 is 9.32 Å². The predicted molar refractivity (Wildman–Crippen MR) is 205 cm³/mol. The Kier molecular flexibility index (Phi) is 6.22. The Morgan fingerprint density at radius 2 is 1.21 bits per heavy atom. The van der Waals surface area contributed by atoms with Crippen molar-refractivity contribution in [2.24, 2.45) is 0 Å². The van der Waals surface area contributed by atoms with Gasteiger partial charge in [-0.3, -0.25) is 0 Å². The van der Waals surface area contributed by atoms with Gasteiger partial charge in [0.25, 0.3) is 0 Å². The van der Waals surface area contributed by atoms with Crippen LogP contribution in [0.25, 0.3) is 74.0 Å². The number of thiophene rings is 1. The molecule has 10 aromatic rings. The molecule has 0 amide bonds. The van der Waals surface area contributed by atoms with Crippen LogP contribution in [0.15, 0.2) is 162 Å². The second-order valence-corrected chi connectivity index (χ2v) is 14.0. The Bertz CT molecular complexity index is 2780. The number of nitrogens with zero attached hydrogens (tertiary/aromatic N) is 2. The van der Waals surface area contributed by atoms with E-state index in [9.17, 15) is 0 Å². The average Bonchev–Trinajstić information content (AvgIpc) is 3.86. The third-order valence-corrected chi connectivity index (χ3v) is 11.4. The van der Waals surface area contributed by atoms with Crippen molar-refractivity contribution < 1.29 is 4.42 Å². The zero-order valence-electron chi connectivity index (χ0n) is 25.6. The lowest BCUT2D eigenvalue weighted by Crippen LogP contribution is -2.09. The quantitative estimate of drug-likeness (QED) is 0.186. The highest BCUT2D eigenvalue weighted by atomic mass is 32.1. The number of hydrogen-bond acceptors (Lipinski definition) is 5. The van der Waals surface area contributed by atoms with Crippen molar-refractivity contribution in [3.05, 3.63) is 158 Å². The fraction of sp³-hybridized carbons (Fsp3) is 0. The number of thiazole rings is 1. The molecule has 3 nitrogen and oxygen atoms in total. The van der Waals surface area contributed by atoms with Crippen LogP contribution >= 0.6 is 22.7 Å². The van der Waals surface area contributed by atoms with Gasteiger partial charge in [-0.1, -0.05) is 97.1 Å². The second-order valence-electron chi connectivity index (χ2n) is 12.0. The second kappa shape index (κ2) is 10.9. The van der Waals surface area contributed by atoms with Gasteiger partial charge in [0.2, 0.25) is 0 Å². The summed E-state index contributed by atoms with van der Waals surface area (Å²) in [5, 5.41) is 5.79. The molecular formula is C43H26N2OS2. The average molecular weight is 651 g/mol. The molecule has 48 heavy (non-hydrogen) atoms. The molecule has 0 atom stereocenters. The maximum atomic E-state index is 6.44. The first-order valence-electron chi connectivity index (χ1n) is 16.0. The molecule has 0 saturated carbocycles. The number of aromatic nitrogens is 1. The molecule has 0 spiro atoms. The SMILES string of the molecule is c1ccc(-c2nc3c(ccc4oc5cc(-c6ccc(N(c7ccccc7)c7cccc8c7sc7ccccc78)cc6)ccc5c43)s2)cc1. The van der Waals surface area contributed by atoms with Crippen LogP contribution in [0.4, 0.5) is 17.1 Å². The molecule has 0 aliphatic carbocycles. The first-order chi connectivity index (χ1) is 23.8. The van der Waals surface area contributed by atoms with Crippen LogP contribution in [-0.4, -0.2) is 4.98 Å². The van der Waals surface area contributed by atoms with Crippen molar-refractivity contribution >= 4 is 92.1 Å². The van der Waals surface area contributed by atoms with E-state index >= 15 is 0 Å². The zero-order chi connectivity index (χ0) is 31.6. The molecule has 0 aliphatic rings. The number of anilines is 3. The van der Waals surface area contributed by atoms with E-state index in [-0.39, 0.29) is 0 Å². The number of furan rings is 1. The summed E-state index contributed by atoms with van der Waals surface area (Å²) in [6.45, 7) is 0. The molecule has 0 radical (unpaired) electrons. The molecular weight excluding hydrogens is 625 g/mol. The largest absolute Gasteiger partial charge is 0.456 e. The Morgan fingerprint density at radius 3 is 2.06 bits per heavy atom. The van der Waals surface area contributed by atoms with Crippen LogP contribution in [0.1, 0.15) is 0 Å². The summed E-state index contributed by atoms with van der Waals surface area (Å²) in [6, 6.07) is 56.0. The minimum absolute atomic E-state index is 0.865. The standard InChI is InChI=1S/C43H26N2OS2/c1-3-10-28(11-4-1)43-44-41-39(48-43)25-24-36-40(41)34-23-20-29(26-37(34)46-36)27-18-21-31(22-19-27)45(30-12-5-2-6-13-30)35-16-9-15-33-32-14-7-8-17-38(32)47-42(33)35/h1-26H. The molecule has 10 rings (SSSR count). The molecule has 3 heterocycles. The minimum Gasteiger partial charge on any atom is -0.456 e. The highest BCUT2D eigenvalue weighted by Gasteiger charge is 2.19. The third kappa shape index (κ3) is 4.36. The van der Waals surface area contributed by atoms with Gasteiger partial charge in [-0.15, -0.1) is 22.7 Å². The van der Waals surface area contributed by atoms with Gasteiger partial charge in [0.1, 0.15) is 16.2 Å².